The number of rotatable bonds is 8. The van der Waals surface area contributed by atoms with Gasteiger partial charge in [0.05, 0.1) is 13.2 Å². The zero-order chi connectivity index (χ0) is 14.3. The van der Waals surface area contributed by atoms with Crippen molar-refractivity contribution in [3.63, 3.8) is 0 Å². The number of nitrogen functional groups attached to an aromatic ring is 1. The summed E-state index contributed by atoms with van der Waals surface area (Å²) >= 11 is 1.18. The van der Waals surface area contributed by atoms with E-state index >= 15 is 0 Å². The normalized spacial score (nSPS) is 10.7. The van der Waals surface area contributed by atoms with Crippen molar-refractivity contribution in [1.82, 2.24) is 14.6 Å². The van der Waals surface area contributed by atoms with Crippen LogP contribution in [0.5, 0.6) is 0 Å². The Morgan fingerprint density at radius 1 is 1.47 bits per heavy atom. The van der Waals surface area contributed by atoms with Crippen molar-refractivity contribution in [3.8, 4) is 0 Å². The molecule has 0 saturated heterocycles. The third-order valence-electron chi connectivity index (χ3n) is 2.39. The first-order chi connectivity index (χ1) is 9.06. The van der Waals surface area contributed by atoms with Crippen LogP contribution in [-0.4, -0.2) is 62.6 Å². The standard InChI is InChI=1S/C11H21N5O2S/c1-13-10(17)8-9(12)15-19-11(8)14-4-6-18-7-5-16(2)3/h14H,4-7H2,1-3H3,(H2,12,15)(H,13,17). The fraction of sp³-hybridized carbons (Fsp3) is 0.636. The lowest BCUT2D eigenvalue weighted by atomic mass is 10.3. The first-order valence-corrected chi connectivity index (χ1v) is 6.77. The summed E-state index contributed by atoms with van der Waals surface area (Å²) in [5.41, 5.74) is 6.07. The molecule has 0 aromatic carbocycles. The van der Waals surface area contributed by atoms with Crippen LogP contribution in [0.25, 0.3) is 0 Å². The number of anilines is 2. The van der Waals surface area contributed by atoms with Gasteiger partial charge in [0.1, 0.15) is 10.6 Å². The van der Waals surface area contributed by atoms with Gasteiger partial charge in [0, 0.05) is 20.1 Å². The summed E-state index contributed by atoms with van der Waals surface area (Å²) in [4.78, 5) is 13.7. The molecule has 1 amide bonds. The summed E-state index contributed by atoms with van der Waals surface area (Å²) in [6.45, 7) is 2.75. The number of hydrogen-bond donors (Lipinski definition) is 3. The van der Waals surface area contributed by atoms with Crippen LogP contribution >= 0.6 is 11.5 Å². The summed E-state index contributed by atoms with van der Waals surface area (Å²) in [5.74, 6) is 0.0163. The van der Waals surface area contributed by atoms with Crippen LogP contribution in [-0.2, 0) is 4.74 Å². The van der Waals surface area contributed by atoms with E-state index in [1.807, 2.05) is 14.1 Å². The second-order valence-electron chi connectivity index (χ2n) is 4.19. The number of hydrogen-bond acceptors (Lipinski definition) is 7. The Morgan fingerprint density at radius 2 is 2.21 bits per heavy atom. The molecule has 4 N–H and O–H groups in total. The smallest absolute Gasteiger partial charge is 0.257 e. The Hall–Kier alpha value is -1.38. The van der Waals surface area contributed by atoms with Crippen LogP contribution in [0.4, 0.5) is 10.8 Å². The Morgan fingerprint density at radius 3 is 2.84 bits per heavy atom. The third-order valence-corrected chi connectivity index (χ3v) is 3.21. The average molecular weight is 287 g/mol. The second kappa shape index (κ2) is 7.93. The molecule has 1 heterocycles. The summed E-state index contributed by atoms with van der Waals surface area (Å²) in [5, 5.41) is 6.33. The quantitative estimate of drug-likeness (QED) is 0.586. The van der Waals surface area contributed by atoms with Crippen LogP contribution in [0, 0.1) is 0 Å². The summed E-state index contributed by atoms with van der Waals surface area (Å²) in [6, 6.07) is 0. The van der Waals surface area contributed by atoms with Crippen molar-refractivity contribution in [3.05, 3.63) is 5.56 Å². The summed E-state index contributed by atoms with van der Waals surface area (Å²) < 4.78 is 9.42. The van der Waals surface area contributed by atoms with E-state index < -0.39 is 0 Å². The highest BCUT2D eigenvalue weighted by Gasteiger charge is 2.17. The summed E-state index contributed by atoms with van der Waals surface area (Å²) in [6.07, 6.45) is 0. The molecule has 1 aromatic heterocycles. The van der Waals surface area contributed by atoms with Crippen molar-refractivity contribution in [2.24, 2.45) is 0 Å². The highest BCUT2D eigenvalue weighted by molar-refractivity contribution is 7.11. The molecular weight excluding hydrogens is 266 g/mol. The largest absolute Gasteiger partial charge is 0.382 e. The SMILES string of the molecule is CNC(=O)c1c(N)nsc1NCCOCCN(C)C. The lowest BCUT2D eigenvalue weighted by Crippen LogP contribution is -2.21. The number of nitrogens with one attached hydrogen (secondary N) is 2. The van der Waals surface area contributed by atoms with Crippen LogP contribution in [0.2, 0.25) is 0 Å². The molecular formula is C11H21N5O2S. The molecule has 0 aliphatic carbocycles. The highest BCUT2D eigenvalue weighted by Crippen LogP contribution is 2.26. The van der Waals surface area contributed by atoms with E-state index in [2.05, 4.69) is 19.9 Å². The van der Waals surface area contributed by atoms with Gasteiger partial charge in [-0.3, -0.25) is 4.79 Å². The number of ether oxygens (including phenoxy) is 1. The van der Waals surface area contributed by atoms with Gasteiger partial charge in [0.15, 0.2) is 5.82 Å². The maximum absolute atomic E-state index is 11.6. The lowest BCUT2D eigenvalue weighted by Gasteiger charge is -2.10. The predicted octanol–water partition coefficient (Wildman–Crippen LogP) is 0.0750. The van der Waals surface area contributed by atoms with Gasteiger partial charge in [-0.25, -0.2) is 0 Å². The molecule has 7 nitrogen and oxygen atoms in total. The molecule has 0 radical (unpaired) electrons. The minimum absolute atomic E-state index is 0.234. The van der Waals surface area contributed by atoms with E-state index in [0.717, 1.165) is 6.54 Å². The number of likely N-dealkylation sites (N-methyl/N-ethyl adjacent to an activating group) is 1. The Balaban J connectivity index is 2.35. The van der Waals surface area contributed by atoms with E-state index in [1.165, 1.54) is 11.5 Å². The molecule has 0 fully saturated rings. The molecule has 0 aliphatic heterocycles. The van der Waals surface area contributed by atoms with E-state index in [-0.39, 0.29) is 11.7 Å². The van der Waals surface area contributed by atoms with Crippen LogP contribution in [0.3, 0.4) is 0 Å². The fourth-order valence-electron chi connectivity index (χ4n) is 1.35. The molecule has 8 heteroatoms. The first kappa shape index (κ1) is 15.7. The van der Waals surface area contributed by atoms with Gasteiger partial charge in [-0.2, -0.15) is 4.37 Å². The zero-order valence-corrected chi connectivity index (χ0v) is 12.3. The van der Waals surface area contributed by atoms with Crippen molar-refractivity contribution >= 4 is 28.3 Å². The molecule has 1 rings (SSSR count). The topological polar surface area (TPSA) is 92.5 Å². The Labute approximate surface area is 117 Å². The van der Waals surface area contributed by atoms with Gasteiger partial charge >= 0.3 is 0 Å². The fourth-order valence-corrected chi connectivity index (χ4v) is 2.09. The van der Waals surface area contributed by atoms with Crippen molar-refractivity contribution in [2.45, 2.75) is 0 Å². The van der Waals surface area contributed by atoms with Gasteiger partial charge in [0.25, 0.3) is 5.91 Å². The van der Waals surface area contributed by atoms with E-state index in [9.17, 15) is 4.79 Å². The molecule has 0 aliphatic rings. The maximum atomic E-state index is 11.6. The number of carbonyl (C=O) groups is 1. The van der Waals surface area contributed by atoms with Crippen LogP contribution < -0.4 is 16.4 Å². The number of aromatic nitrogens is 1. The lowest BCUT2D eigenvalue weighted by molar-refractivity contribution is 0.0964. The molecule has 19 heavy (non-hydrogen) atoms. The minimum atomic E-state index is -0.234. The predicted molar refractivity (Wildman–Crippen MR) is 77.8 cm³/mol. The third kappa shape index (κ3) is 5.01. The van der Waals surface area contributed by atoms with E-state index in [1.54, 1.807) is 7.05 Å². The highest BCUT2D eigenvalue weighted by atomic mass is 32.1. The van der Waals surface area contributed by atoms with Crippen molar-refractivity contribution in [2.75, 3.05) is 58.5 Å². The number of amides is 1. The molecule has 0 atom stereocenters. The van der Waals surface area contributed by atoms with E-state index in [0.29, 0.717) is 30.3 Å². The molecule has 108 valence electrons. The van der Waals surface area contributed by atoms with Crippen molar-refractivity contribution < 1.29 is 9.53 Å². The van der Waals surface area contributed by atoms with Gasteiger partial charge < -0.3 is 26.0 Å². The number of nitrogens with zero attached hydrogens (tertiary/aromatic N) is 2. The molecule has 0 spiro atoms. The van der Waals surface area contributed by atoms with Gasteiger partial charge in [-0.15, -0.1) is 0 Å². The maximum Gasteiger partial charge on any atom is 0.257 e. The monoisotopic (exact) mass is 287 g/mol. The molecule has 0 unspecified atom stereocenters. The van der Waals surface area contributed by atoms with Crippen LogP contribution in [0.1, 0.15) is 10.4 Å². The second-order valence-corrected chi connectivity index (χ2v) is 4.97. The molecule has 0 saturated carbocycles. The van der Waals surface area contributed by atoms with Gasteiger partial charge in [-0.1, -0.05) is 0 Å². The Bertz CT molecular complexity index is 408. The Kier molecular flexibility index (Phi) is 6.54. The summed E-state index contributed by atoms with van der Waals surface area (Å²) in [7, 11) is 5.56. The minimum Gasteiger partial charge on any atom is -0.382 e. The van der Waals surface area contributed by atoms with Gasteiger partial charge in [0.2, 0.25) is 0 Å². The van der Waals surface area contributed by atoms with Gasteiger partial charge in [-0.05, 0) is 25.6 Å². The van der Waals surface area contributed by atoms with Crippen LogP contribution in [0.15, 0.2) is 0 Å². The number of nitrogens with two attached hydrogens (primary N) is 1. The first-order valence-electron chi connectivity index (χ1n) is 5.99. The molecule has 0 bridgehead atoms. The van der Waals surface area contributed by atoms with E-state index in [4.69, 9.17) is 10.5 Å². The average Bonchev–Trinajstić information content (AvgIpc) is 2.73. The van der Waals surface area contributed by atoms with Crippen molar-refractivity contribution in [1.29, 1.82) is 0 Å². The zero-order valence-electron chi connectivity index (χ0n) is 11.5. The number of carbonyl (C=O) groups excluding carboxylic acids is 1. The molecule has 1 aromatic rings.